The number of ether oxygens (including phenoxy) is 1. The van der Waals surface area contributed by atoms with Crippen LogP contribution in [-0.2, 0) is 4.74 Å². The summed E-state index contributed by atoms with van der Waals surface area (Å²) in [4.78, 5) is 0. The Morgan fingerprint density at radius 3 is 2.80 bits per heavy atom. The Bertz CT molecular complexity index is 302. The number of aryl methyl sites for hydroxylation is 1. The summed E-state index contributed by atoms with van der Waals surface area (Å²) in [5, 5.41) is 3.21. The molecule has 2 nitrogen and oxygen atoms in total. The topological polar surface area (TPSA) is 21.3 Å². The van der Waals surface area contributed by atoms with Crippen LogP contribution in [0.1, 0.15) is 18.9 Å². The van der Waals surface area contributed by atoms with Gasteiger partial charge in [0.1, 0.15) is 5.82 Å². The van der Waals surface area contributed by atoms with Crippen molar-refractivity contribution in [3.63, 3.8) is 0 Å². The normalized spacial score (nSPS) is 10.3. The molecule has 0 aliphatic heterocycles. The van der Waals surface area contributed by atoms with Crippen molar-refractivity contribution < 1.29 is 9.13 Å². The first kappa shape index (κ1) is 12.0. The maximum Gasteiger partial charge on any atom is 0.123 e. The van der Waals surface area contributed by atoms with Gasteiger partial charge in [0.25, 0.3) is 0 Å². The van der Waals surface area contributed by atoms with Crippen LogP contribution in [0, 0.1) is 12.7 Å². The lowest BCUT2D eigenvalue weighted by atomic mass is 10.2. The van der Waals surface area contributed by atoms with Crippen molar-refractivity contribution in [2.24, 2.45) is 0 Å². The van der Waals surface area contributed by atoms with Crippen molar-refractivity contribution in [3.05, 3.63) is 29.6 Å². The summed E-state index contributed by atoms with van der Waals surface area (Å²) in [5.41, 5.74) is 1.89. The second-order valence-electron chi connectivity index (χ2n) is 3.50. The second-order valence-corrected chi connectivity index (χ2v) is 3.50. The minimum atomic E-state index is -0.194. The van der Waals surface area contributed by atoms with Crippen molar-refractivity contribution in [1.29, 1.82) is 0 Å². The molecule has 0 saturated heterocycles. The van der Waals surface area contributed by atoms with E-state index in [1.807, 2.05) is 6.92 Å². The zero-order valence-electron chi connectivity index (χ0n) is 9.35. The minimum absolute atomic E-state index is 0.194. The van der Waals surface area contributed by atoms with Gasteiger partial charge in [0, 0.05) is 18.8 Å². The Labute approximate surface area is 90.4 Å². The molecule has 0 atom stereocenters. The van der Waals surface area contributed by atoms with Gasteiger partial charge >= 0.3 is 0 Å². The van der Waals surface area contributed by atoms with Crippen molar-refractivity contribution in [1.82, 2.24) is 0 Å². The highest BCUT2D eigenvalue weighted by Crippen LogP contribution is 2.14. The SMILES string of the molecule is CCCOCCNc1ccc(F)cc1C. The van der Waals surface area contributed by atoms with Gasteiger partial charge in [-0.05, 0) is 37.1 Å². The van der Waals surface area contributed by atoms with Crippen molar-refractivity contribution >= 4 is 5.69 Å². The molecule has 0 aromatic heterocycles. The Hall–Kier alpha value is -1.09. The van der Waals surface area contributed by atoms with E-state index in [2.05, 4.69) is 12.2 Å². The molecule has 0 unspecified atom stereocenters. The van der Waals surface area contributed by atoms with Gasteiger partial charge in [0.05, 0.1) is 6.61 Å². The van der Waals surface area contributed by atoms with Crippen LogP contribution in [0.5, 0.6) is 0 Å². The van der Waals surface area contributed by atoms with Crippen molar-refractivity contribution in [2.45, 2.75) is 20.3 Å². The van der Waals surface area contributed by atoms with Crippen molar-refractivity contribution in [2.75, 3.05) is 25.1 Å². The standard InChI is InChI=1S/C12H18FNO/c1-3-7-15-8-6-14-12-5-4-11(13)9-10(12)2/h4-5,9,14H,3,6-8H2,1-2H3. The largest absolute Gasteiger partial charge is 0.383 e. The van der Waals surface area contributed by atoms with Gasteiger partial charge in [-0.3, -0.25) is 0 Å². The lowest BCUT2D eigenvalue weighted by molar-refractivity contribution is 0.144. The first-order valence-corrected chi connectivity index (χ1v) is 5.32. The van der Waals surface area contributed by atoms with E-state index in [4.69, 9.17) is 4.74 Å². The molecule has 0 aliphatic carbocycles. The first-order chi connectivity index (χ1) is 7.24. The quantitative estimate of drug-likeness (QED) is 0.730. The number of hydrogen-bond donors (Lipinski definition) is 1. The molecule has 84 valence electrons. The number of anilines is 1. The van der Waals surface area contributed by atoms with Gasteiger partial charge in [-0.15, -0.1) is 0 Å². The summed E-state index contributed by atoms with van der Waals surface area (Å²) in [6.45, 7) is 6.21. The summed E-state index contributed by atoms with van der Waals surface area (Å²) in [6.07, 6.45) is 1.04. The van der Waals surface area contributed by atoms with E-state index in [1.54, 1.807) is 6.07 Å². The molecule has 1 rings (SSSR count). The van der Waals surface area contributed by atoms with Gasteiger partial charge in [0.2, 0.25) is 0 Å². The van der Waals surface area contributed by atoms with E-state index in [0.29, 0.717) is 6.61 Å². The summed E-state index contributed by atoms with van der Waals surface area (Å²) in [6, 6.07) is 4.74. The summed E-state index contributed by atoms with van der Waals surface area (Å²) >= 11 is 0. The van der Waals surface area contributed by atoms with Crippen LogP contribution in [-0.4, -0.2) is 19.8 Å². The molecule has 0 saturated carbocycles. The predicted octanol–water partition coefficient (Wildman–Crippen LogP) is 2.97. The molecule has 0 aliphatic rings. The van der Waals surface area contributed by atoms with E-state index in [9.17, 15) is 4.39 Å². The molecule has 0 radical (unpaired) electrons. The summed E-state index contributed by atoms with van der Waals surface area (Å²) < 4.78 is 18.1. The van der Waals surface area contributed by atoms with Gasteiger partial charge < -0.3 is 10.1 Å². The monoisotopic (exact) mass is 211 g/mol. The maximum atomic E-state index is 12.8. The maximum absolute atomic E-state index is 12.8. The highest BCUT2D eigenvalue weighted by atomic mass is 19.1. The third kappa shape index (κ3) is 4.30. The van der Waals surface area contributed by atoms with Crippen LogP contribution >= 0.6 is 0 Å². The molecule has 1 aromatic rings. The number of nitrogens with one attached hydrogen (secondary N) is 1. The zero-order chi connectivity index (χ0) is 11.1. The highest BCUT2D eigenvalue weighted by molar-refractivity contribution is 5.50. The number of halogens is 1. The second kappa shape index (κ2) is 6.40. The van der Waals surface area contributed by atoms with Crippen LogP contribution in [0.25, 0.3) is 0 Å². The van der Waals surface area contributed by atoms with Crippen LogP contribution in [0.3, 0.4) is 0 Å². The smallest absolute Gasteiger partial charge is 0.123 e. The molecule has 15 heavy (non-hydrogen) atoms. The van der Waals surface area contributed by atoms with Gasteiger partial charge in [-0.2, -0.15) is 0 Å². The highest BCUT2D eigenvalue weighted by Gasteiger charge is 1.98. The lowest BCUT2D eigenvalue weighted by Crippen LogP contribution is -2.10. The molecule has 3 heteroatoms. The van der Waals surface area contributed by atoms with Crippen LogP contribution < -0.4 is 5.32 Å². The van der Waals surface area contributed by atoms with E-state index in [1.165, 1.54) is 12.1 Å². The number of rotatable bonds is 6. The molecular formula is C12H18FNO. The van der Waals surface area contributed by atoms with Gasteiger partial charge in [-0.25, -0.2) is 4.39 Å². The Morgan fingerprint density at radius 2 is 2.13 bits per heavy atom. The third-order valence-electron chi connectivity index (χ3n) is 2.10. The molecule has 0 bridgehead atoms. The van der Waals surface area contributed by atoms with Crippen LogP contribution in [0.4, 0.5) is 10.1 Å². The minimum Gasteiger partial charge on any atom is -0.383 e. The van der Waals surface area contributed by atoms with E-state index < -0.39 is 0 Å². The lowest BCUT2D eigenvalue weighted by Gasteiger charge is -2.09. The molecule has 1 aromatic carbocycles. The van der Waals surface area contributed by atoms with Crippen LogP contribution in [0.2, 0.25) is 0 Å². The fourth-order valence-electron chi connectivity index (χ4n) is 1.33. The van der Waals surface area contributed by atoms with E-state index in [0.717, 1.165) is 30.8 Å². The summed E-state index contributed by atoms with van der Waals surface area (Å²) in [7, 11) is 0. The molecule has 0 amide bonds. The first-order valence-electron chi connectivity index (χ1n) is 5.32. The molecule has 0 spiro atoms. The molecular weight excluding hydrogens is 193 g/mol. The van der Waals surface area contributed by atoms with E-state index >= 15 is 0 Å². The fraction of sp³-hybridized carbons (Fsp3) is 0.500. The molecule has 1 N–H and O–H groups in total. The van der Waals surface area contributed by atoms with Gasteiger partial charge in [-0.1, -0.05) is 6.92 Å². The van der Waals surface area contributed by atoms with Gasteiger partial charge in [0.15, 0.2) is 0 Å². The average Bonchev–Trinajstić information content (AvgIpc) is 2.20. The Kier molecular flexibility index (Phi) is 5.12. The summed E-state index contributed by atoms with van der Waals surface area (Å²) in [5.74, 6) is -0.194. The van der Waals surface area contributed by atoms with E-state index in [-0.39, 0.29) is 5.82 Å². The average molecular weight is 211 g/mol. The Morgan fingerprint density at radius 1 is 1.33 bits per heavy atom. The number of hydrogen-bond acceptors (Lipinski definition) is 2. The zero-order valence-corrected chi connectivity index (χ0v) is 9.35. The Balaban J connectivity index is 2.31. The van der Waals surface area contributed by atoms with Crippen LogP contribution in [0.15, 0.2) is 18.2 Å². The molecule has 0 heterocycles. The van der Waals surface area contributed by atoms with Crippen molar-refractivity contribution in [3.8, 4) is 0 Å². The number of benzene rings is 1. The third-order valence-corrected chi connectivity index (χ3v) is 2.10. The molecule has 0 fully saturated rings. The predicted molar refractivity (Wildman–Crippen MR) is 60.7 cm³/mol. The fourth-order valence-corrected chi connectivity index (χ4v) is 1.33.